The van der Waals surface area contributed by atoms with E-state index in [0.717, 1.165) is 57.5 Å². The number of ether oxygens (including phenoxy) is 2. The average Bonchev–Trinajstić information content (AvgIpc) is 3.74. The van der Waals surface area contributed by atoms with Gasteiger partial charge >= 0.3 is 7.12 Å². The van der Waals surface area contributed by atoms with Crippen molar-refractivity contribution < 1.29 is 28.4 Å². The van der Waals surface area contributed by atoms with E-state index >= 15 is 0 Å². The zero-order chi connectivity index (χ0) is 35.1. The molecule has 1 amide bonds. The van der Waals surface area contributed by atoms with Crippen LogP contribution in [0.4, 0.5) is 0 Å². The topological polar surface area (TPSA) is 115 Å². The van der Waals surface area contributed by atoms with Gasteiger partial charge in [-0.25, -0.2) is 4.98 Å². The van der Waals surface area contributed by atoms with Crippen molar-refractivity contribution in [2.45, 2.75) is 84.7 Å². The average molecular weight is 659 g/mol. The Labute approximate surface area is 285 Å². The number of aromatic nitrogens is 2. The molecule has 0 bridgehead atoms. The Morgan fingerprint density at radius 3 is 2.31 bits per heavy atom. The summed E-state index contributed by atoms with van der Waals surface area (Å²) in [4.78, 5) is 29.7. The molecule has 3 aliphatic rings. The molecule has 0 radical (unpaired) electrons. The van der Waals surface area contributed by atoms with Crippen LogP contribution in [0.5, 0.6) is 5.75 Å². The van der Waals surface area contributed by atoms with Gasteiger partial charge in [0.1, 0.15) is 24.5 Å². The number of aromatic amines is 1. The number of carbonyl (C=O) groups excluding carboxylic acids is 2. The number of nitrogens with zero attached hydrogens (tertiary/aromatic N) is 2. The largest absolute Gasteiger partial charge is 0.494 e. The van der Waals surface area contributed by atoms with Crippen LogP contribution in [0.15, 0.2) is 42.5 Å². The lowest BCUT2D eigenvalue weighted by Gasteiger charge is -2.32. The van der Waals surface area contributed by atoms with Gasteiger partial charge in [-0.1, -0.05) is 44.5 Å². The minimum absolute atomic E-state index is 0.115. The van der Waals surface area contributed by atoms with Gasteiger partial charge in [0.25, 0.3) is 0 Å². The summed E-state index contributed by atoms with van der Waals surface area (Å²) < 4.78 is 23.1. The smallest absolute Gasteiger partial charge is 0.488 e. The van der Waals surface area contributed by atoms with E-state index in [-0.39, 0.29) is 24.9 Å². The highest BCUT2D eigenvalue weighted by Gasteiger charge is 2.51. The number of H-pyrrole nitrogens is 1. The second-order valence-electron chi connectivity index (χ2n) is 13.4. The van der Waals surface area contributed by atoms with Gasteiger partial charge in [0.15, 0.2) is 0 Å². The Morgan fingerprint density at radius 1 is 1.04 bits per heavy atom. The molecule has 11 heteroatoms. The number of hydrogen-bond acceptors (Lipinski definition) is 8. The molecule has 3 aliphatic heterocycles. The first-order valence-corrected chi connectivity index (χ1v) is 16.7. The lowest BCUT2D eigenvalue weighted by atomic mass is 9.77. The second kappa shape index (κ2) is 16.1. The Balaban J connectivity index is 0.000000378. The van der Waals surface area contributed by atoms with Crippen molar-refractivity contribution in [2.75, 3.05) is 34.4 Å². The number of likely N-dealkylation sites (tertiary alicyclic amines) is 1. The van der Waals surface area contributed by atoms with E-state index in [1.54, 1.807) is 14.2 Å². The molecule has 0 saturated carbocycles. The number of fused-ring (bicyclic) bond motifs is 6. The maximum absolute atomic E-state index is 9.34. The lowest BCUT2D eigenvalue weighted by molar-refractivity contribution is -0.113. The van der Waals surface area contributed by atoms with Crippen molar-refractivity contribution in [3.8, 4) is 16.9 Å². The molecule has 258 valence electrons. The molecule has 2 saturated heterocycles. The minimum Gasteiger partial charge on any atom is -0.488 e. The number of benzene rings is 3. The van der Waals surface area contributed by atoms with Crippen molar-refractivity contribution in [1.29, 1.82) is 0 Å². The summed E-state index contributed by atoms with van der Waals surface area (Å²) in [6, 6.07) is 15.6. The molecule has 10 nitrogen and oxygen atoms in total. The fraction of sp³-hybridized carbons (Fsp3) is 0.486. The van der Waals surface area contributed by atoms with Crippen LogP contribution in [0.25, 0.3) is 32.9 Å². The number of methoxy groups -OCH3 is 1. The Kier molecular flexibility index (Phi) is 12.4. The molecule has 1 atom stereocenters. The summed E-state index contributed by atoms with van der Waals surface area (Å²) in [6.07, 6.45) is 4.72. The van der Waals surface area contributed by atoms with Crippen molar-refractivity contribution >= 4 is 47.1 Å². The second-order valence-corrected chi connectivity index (χ2v) is 13.4. The molecular formula is C37H51BN4O6. The number of aldehydes is 1. The van der Waals surface area contributed by atoms with Crippen LogP contribution in [-0.4, -0.2) is 80.2 Å². The highest BCUT2D eigenvalue weighted by molar-refractivity contribution is 6.62. The summed E-state index contributed by atoms with van der Waals surface area (Å²) >= 11 is 0. The van der Waals surface area contributed by atoms with Gasteiger partial charge in [-0.3, -0.25) is 9.69 Å². The first kappa shape index (κ1) is 37.1. The van der Waals surface area contributed by atoms with Crippen LogP contribution < -0.4 is 15.5 Å². The van der Waals surface area contributed by atoms with E-state index in [4.69, 9.17) is 19.0 Å². The monoisotopic (exact) mass is 658 g/mol. The van der Waals surface area contributed by atoms with Gasteiger partial charge in [0, 0.05) is 25.2 Å². The molecule has 4 aromatic rings. The Hall–Kier alpha value is -3.77. The molecule has 0 aliphatic carbocycles. The molecule has 1 unspecified atom stereocenters. The molecular weight excluding hydrogens is 607 g/mol. The first-order valence-electron chi connectivity index (χ1n) is 16.7. The van der Waals surface area contributed by atoms with Gasteiger partial charge in [0.2, 0.25) is 6.41 Å². The van der Waals surface area contributed by atoms with Crippen LogP contribution in [0.1, 0.15) is 78.2 Å². The summed E-state index contributed by atoms with van der Waals surface area (Å²) in [6.45, 7) is 14.4. The van der Waals surface area contributed by atoms with Crippen molar-refractivity contribution in [3.05, 3.63) is 53.9 Å². The standard InChI is InChI=1S/C29H32BN3O3.C3H5NO2.C3H8.C2H6O/c1-28(2)29(3,4)36-30(35-28)19-9-10-20-18(13-19)16-34-25-15-21-17(14-22(20)25)8-11-23-26(21)32-27(31-23)24-7-6-12-33(24)5;5-2-1-4-3-6;2*1-3-2/h8-11,13-15,24H,6-7,12,16H2,1-5H3,(H,31,32);2-3H,1H2,(H,4,6);3H2,1-2H3;1-2H3. The third-order valence-corrected chi connectivity index (χ3v) is 9.04. The van der Waals surface area contributed by atoms with E-state index in [1.165, 1.54) is 23.8 Å². The highest BCUT2D eigenvalue weighted by Crippen LogP contribution is 2.42. The van der Waals surface area contributed by atoms with E-state index in [2.05, 4.69) is 111 Å². The predicted octanol–water partition coefficient (Wildman–Crippen LogP) is 5.95. The van der Waals surface area contributed by atoms with Crippen molar-refractivity contribution in [3.63, 3.8) is 0 Å². The summed E-state index contributed by atoms with van der Waals surface area (Å²) in [5, 5.41) is 4.45. The summed E-state index contributed by atoms with van der Waals surface area (Å²) in [5.74, 6) is 1.98. The maximum Gasteiger partial charge on any atom is 0.494 e. The lowest BCUT2D eigenvalue weighted by Crippen LogP contribution is -2.41. The van der Waals surface area contributed by atoms with Gasteiger partial charge in [-0.05, 0) is 94.3 Å². The molecule has 48 heavy (non-hydrogen) atoms. The number of rotatable bonds is 5. The van der Waals surface area contributed by atoms with Gasteiger partial charge in [-0.2, -0.15) is 0 Å². The van der Waals surface area contributed by atoms with E-state index in [0.29, 0.717) is 25.3 Å². The van der Waals surface area contributed by atoms with E-state index < -0.39 is 0 Å². The molecule has 2 fully saturated rings. The Bertz CT molecular complexity index is 1680. The van der Waals surface area contributed by atoms with Crippen LogP contribution in [0.3, 0.4) is 0 Å². The van der Waals surface area contributed by atoms with Crippen molar-refractivity contribution in [2.24, 2.45) is 0 Å². The fourth-order valence-electron chi connectivity index (χ4n) is 5.96. The predicted molar refractivity (Wildman–Crippen MR) is 193 cm³/mol. The maximum atomic E-state index is 9.34. The number of imidazole rings is 1. The molecule has 1 aromatic heterocycles. The minimum atomic E-state index is -0.376. The third kappa shape index (κ3) is 7.92. The van der Waals surface area contributed by atoms with Gasteiger partial charge in [0.05, 0.1) is 34.8 Å². The van der Waals surface area contributed by atoms with Crippen LogP contribution in [0, 0.1) is 0 Å². The summed E-state index contributed by atoms with van der Waals surface area (Å²) in [7, 11) is 5.06. The van der Waals surface area contributed by atoms with E-state index in [1.807, 2.05) is 0 Å². The van der Waals surface area contributed by atoms with Crippen LogP contribution in [-0.2, 0) is 30.2 Å². The molecule has 7 rings (SSSR count). The van der Waals surface area contributed by atoms with Gasteiger partial charge < -0.3 is 33.9 Å². The number of carbonyl (C=O) groups is 2. The molecule has 2 N–H and O–H groups in total. The first-order chi connectivity index (χ1) is 22.9. The van der Waals surface area contributed by atoms with Crippen molar-refractivity contribution in [1.82, 2.24) is 20.2 Å². The molecule has 4 heterocycles. The highest BCUT2D eigenvalue weighted by atomic mass is 16.7. The Morgan fingerprint density at radius 2 is 1.73 bits per heavy atom. The fourth-order valence-corrected chi connectivity index (χ4v) is 5.96. The van der Waals surface area contributed by atoms with Crippen LogP contribution in [0.2, 0.25) is 0 Å². The molecule has 0 spiro atoms. The zero-order valence-electron chi connectivity index (χ0n) is 29.9. The van der Waals surface area contributed by atoms with Crippen LogP contribution >= 0.6 is 0 Å². The third-order valence-electron chi connectivity index (χ3n) is 9.04. The number of amides is 1. The quantitative estimate of drug-likeness (QED) is 0.154. The normalized spacial score (nSPS) is 18.6. The molecule has 3 aromatic carbocycles. The SMILES string of the molecule is CCC.CN1CCCC1c1nc2c(ccc3cc4c(cc32)OCc2cc(B3OC(C)(C)C(C)(C)O3)ccc2-4)[nH]1.COC.O=CCNC=O. The number of hydrogen-bond donors (Lipinski definition) is 2. The number of nitrogens with one attached hydrogen (secondary N) is 2. The zero-order valence-corrected chi connectivity index (χ0v) is 29.9. The van der Waals surface area contributed by atoms with E-state index in [9.17, 15) is 9.59 Å². The summed E-state index contributed by atoms with van der Waals surface area (Å²) in [5.41, 5.74) is 5.89. The van der Waals surface area contributed by atoms with Gasteiger partial charge in [-0.15, -0.1) is 0 Å².